The lowest BCUT2D eigenvalue weighted by atomic mass is 10.1. The van der Waals surface area contributed by atoms with Crippen molar-refractivity contribution in [3.05, 3.63) is 58.9 Å². The molecule has 3 aromatic rings. The quantitative estimate of drug-likeness (QED) is 0.646. The summed E-state index contributed by atoms with van der Waals surface area (Å²) in [6.07, 6.45) is 0.282. The highest BCUT2D eigenvalue weighted by Crippen LogP contribution is 2.19. The minimum atomic E-state index is -0.101. The zero-order chi connectivity index (χ0) is 18.5. The van der Waals surface area contributed by atoms with Crippen LogP contribution in [0.15, 0.2) is 48.5 Å². The van der Waals surface area contributed by atoms with Crippen molar-refractivity contribution in [1.29, 1.82) is 0 Å². The molecule has 1 heterocycles. The summed E-state index contributed by atoms with van der Waals surface area (Å²) in [7, 11) is 1.59. The van der Waals surface area contributed by atoms with E-state index in [-0.39, 0.29) is 12.3 Å². The Bertz CT molecular complexity index is 960. The van der Waals surface area contributed by atoms with Gasteiger partial charge in [-0.05, 0) is 31.3 Å². The normalized spacial score (nSPS) is 10.5. The third-order valence-electron chi connectivity index (χ3n) is 3.98. The highest BCUT2D eigenvalue weighted by atomic mass is 32.1. The van der Waals surface area contributed by atoms with E-state index in [1.165, 1.54) is 5.56 Å². The molecule has 26 heavy (non-hydrogen) atoms. The fourth-order valence-electron chi connectivity index (χ4n) is 2.59. The number of hydrogen-bond donors (Lipinski definition) is 2. The van der Waals surface area contributed by atoms with Crippen LogP contribution in [0.4, 0.5) is 5.69 Å². The number of methoxy groups -OCH3 is 1. The number of aryl methyl sites for hydroxylation is 1. The minimum Gasteiger partial charge on any atom is -0.497 e. The van der Waals surface area contributed by atoms with Crippen molar-refractivity contribution in [3.8, 4) is 17.1 Å². The number of aromatic amines is 1. The Labute approximate surface area is 156 Å². The van der Waals surface area contributed by atoms with Gasteiger partial charge in [0.25, 0.3) is 0 Å². The summed E-state index contributed by atoms with van der Waals surface area (Å²) in [6.45, 7) is 2.47. The van der Waals surface area contributed by atoms with Crippen molar-refractivity contribution in [3.63, 3.8) is 0 Å². The number of anilines is 1. The number of ether oxygens (including phenoxy) is 1. The molecule has 0 aliphatic carbocycles. The summed E-state index contributed by atoms with van der Waals surface area (Å²) in [4.78, 5) is 12.3. The number of carbonyl (C=O) groups is 1. The van der Waals surface area contributed by atoms with Crippen molar-refractivity contribution < 1.29 is 9.53 Å². The second-order valence-corrected chi connectivity index (χ2v) is 6.29. The molecule has 2 aromatic carbocycles. The van der Waals surface area contributed by atoms with Crippen LogP contribution in [0.25, 0.3) is 11.4 Å². The van der Waals surface area contributed by atoms with Gasteiger partial charge in [-0.3, -0.25) is 14.5 Å². The van der Waals surface area contributed by atoms with E-state index in [4.69, 9.17) is 17.0 Å². The van der Waals surface area contributed by atoms with E-state index in [1.807, 2.05) is 54.0 Å². The zero-order valence-corrected chi connectivity index (χ0v) is 15.5. The summed E-state index contributed by atoms with van der Waals surface area (Å²) in [5, 5.41) is 9.97. The van der Waals surface area contributed by atoms with Crippen LogP contribution >= 0.6 is 12.2 Å². The average molecular weight is 368 g/mol. The molecule has 1 aromatic heterocycles. The van der Waals surface area contributed by atoms with Crippen LogP contribution in [-0.4, -0.2) is 27.8 Å². The van der Waals surface area contributed by atoms with Gasteiger partial charge in [-0.15, -0.1) is 0 Å². The Balaban J connectivity index is 1.69. The van der Waals surface area contributed by atoms with Crippen molar-refractivity contribution in [2.75, 3.05) is 12.4 Å². The molecule has 0 bridgehead atoms. The minimum absolute atomic E-state index is 0.101. The molecule has 1 amide bonds. The van der Waals surface area contributed by atoms with Gasteiger partial charge in [0, 0.05) is 30.3 Å². The first-order chi connectivity index (χ1) is 12.6. The number of hydrogen-bond acceptors (Lipinski definition) is 4. The largest absolute Gasteiger partial charge is 0.497 e. The van der Waals surface area contributed by atoms with Gasteiger partial charge in [0.15, 0.2) is 10.6 Å². The van der Waals surface area contributed by atoms with Gasteiger partial charge >= 0.3 is 0 Å². The van der Waals surface area contributed by atoms with Crippen LogP contribution in [0.5, 0.6) is 5.75 Å². The number of benzene rings is 2. The third-order valence-corrected chi connectivity index (χ3v) is 4.30. The highest BCUT2D eigenvalue weighted by molar-refractivity contribution is 7.71. The zero-order valence-electron chi connectivity index (χ0n) is 14.7. The lowest BCUT2D eigenvalue weighted by Gasteiger charge is -2.09. The fourth-order valence-corrected chi connectivity index (χ4v) is 2.81. The van der Waals surface area contributed by atoms with Crippen LogP contribution in [0.2, 0.25) is 0 Å². The van der Waals surface area contributed by atoms with Crippen molar-refractivity contribution in [1.82, 2.24) is 14.8 Å². The smallest absolute Gasteiger partial charge is 0.226 e. The molecular formula is C19H20N4O2S. The molecule has 0 aliphatic rings. The maximum Gasteiger partial charge on any atom is 0.226 e. The summed E-state index contributed by atoms with van der Waals surface area (Å²) in [5.74, 6) is 1.32. The first kappa shape index (κ1) is 17.9. The van der Waals surface area contributed by atoms with Gasteiger partial charge in [0.1, 0.15) is 5.75 Å². The Kier molecular flexibility index (Phi) is 5.48. The second kappa shape index (κ2) is 7.97. The van der Waals surface area contributed by atoms with Gasteiger partial charge in [-0.1, -0.05) is 35.9 Å². The Hall–Kier alpha value is -2.93. The molecule has 0 fully saturated rings. The molecule has 3 rings (SSSR count). The number of carbonyl (C=O) groups excluding carboxylic acids is 1. The summed E-state index contributed by atoms with van der Waals surface area (Å²) >= 11 is 5.31. The molecule has 0 spiro atoms. The molecule has 0 unspecified atom stereocenters. The van der Waals surface area contributed by atoms with Crippen LogP contribution in [0.3, 0.4) is 0 Å². The second-order valence-electron chi connectivity index (χ2n) is 5.90. The number of H-pyrrole nitrogens is 1. The predicted octanol–water partition coefficient (Wildman–Crippen LogP) is 3.95. The lowest BCUT2D eigenvalue weighted by molar-refractivity contribution is -0.116. The Morgan fingerprint density at radius 3 is 2.77 bits per heavy atom. The number of amides is 1. The first-order valence-corrected chi connectivity index (χ1v) is 8.64. The third kappa shape index (κ3) is 4.18. The van der Waals surface area contributed by atoms with E-state index in [0.717, 1.165) is 11.4 Å². The number of nitrogens with one attached hydrogen (secondary N) is 2. The molecular weight excluding hydrogens is 348 g/mol. The standard InChI is InChI=1S/C19H20N4O2S/c1-13-6-8-14(9-7-13)18-21-22-19(26)23(18)11-10-17(24)20-15-4-3-5-16(12-15)25-2/h3-9,12H,10-11H2,1-2H3,(H,20,24)(H,22,26). The van der Waals surface area contributed by atoms with E-state index in [0.29, 0.717) is 22.8 Å². The Morgan fingerprint density at radius 2 is 2.04 bits per heavy atom. The van der Waals surface area contributed by atoms with Crippen molar-refractivity contribution in [2.45, 2.75) is 19.9 Å². The van der Waals surface area contributed by atoms with Gasteiger partial charge in [-0.25, -0.2) is 0 Å². The van der Waals surface area contributed by atoms with Crippen LogP contribution in [0.1, 0.15) is 12.0 Å². The summed E-state index contributed by atoms with van der Waals surface area (Å²) < 4.78 is 7.50. The molecule has 0 aliphatic heterocycles. The molecule has 7 heteroatoms. The van der Waals surface area contributed by atoms with E-state index < -0.39 is 0 Å². The van der Waals surface area contributed by atoms with Crippen molar-refractivity contribution >= 4 is 23.8 Å². The number of aromatic nitrogens is 3. The maximum atomic E-state index is 12.3. The Morgan fingerprint density at radius 1 is 1.27 bits per heavy atom. The van der Waals surface area contributed by atoms with Crippen LogP contribution in [-0.2, 0) is 11.3 Å². The fraction of sp³-hybridized carbons (Fsp3) is 0.211. The SMILES string of the molecule is COc1cccc(NC(=O)CCn2c(-c3ccc(C)cc3)n[nH]c2=S)c1. The molecule has 0 saturated carbocycles. The monoisotopic (exact) mass is 368 g/mol. The summed E-state index contributed by atoms with van der Waals surface area (Å²) in [5.41, 5.74) is 2.83. The maximum absolute atomic E-state index is 12.3. The lowest BCUT2D eigenvalue weighted by Crippen LogP contribution is -2.15. The van der Waals surface area contributed by atoms with E-state index in [2.05, 4.69) is 15.5 Å². The highest BCUT2D eigenvalue weighted by Gasteiger charge is 2.11. The number of nitrogens with zero attached hydrogens (tertiary/aromatic N) is 2. The van der Waals surface area contributed by atoms with Gasteiger partial charge < -0.3 is 10.1 Å². The molecule has 134 valence electrons. The van der Waals surface area contributed by atoms with E-state index >= 15 is 0 Å². The van der Waals surface area contributed by atoms with E-state index in [1.54, 1.807) is 13.2 Å². The van der Waals surface area contributed by atoms with Gasteiger partial charge in [0.2, 0.25) is 5.91 Å². The average Bonchev–Trinajstić information content (AvgIpc) is 3.01. The van der Waals surface area contributed by atoms with Gasteiger partial charge in [0.05, 0.1) is 7.11 Å². The molecule has 0 radical (unpaired) electrons. The van der Waals surface area contributed by atoms with Crippen LogP contribution in [0, 0.1) is 11.7 Å². The molecule has 6 nitrogen and oxygen atoms in total. The first-order valence-electron chi connectivity index (χ1n) is 8.23. The topological polar surface area (TPSA) is 71.9 Å². The molecule has 0 saturated heterocycles. The molecule has 0 atom stereocenters. The molecule has 2 N–H and O–H groups in total. The van der Waals surface area contributed by atoms with Crippen LogP contribution < -0.4 is 10.1 Å². The number of rotatable bonds is 6. The van der Waals surface area contributed by atoms with Gasteiger partial charge in [-0.2, -0.15) is 5.10 Å². The van der Waals surface area contributed by atoms with Crippen molar-refractivity contribution in [2.24, 2.45) is 0 Å². The van der Waals surface area contributed by atoms with E-state index in [9.17, 15) is 4.79 Å². The predicted molar refractivity (Wildman–Crippen MR) is 104 cm³/mol. The summed E-state index contributed by atoms with van der Waals surface area (Å²) in [6, 6.07) is 15.3.